The molecule has 7 nitrogen and oxygen atoms in total. The van der Waals surface area contributed by atoms with E-state index in [9.17, 15) is 19.7 Å². The summed E-state index contributed by atoms with van der Waals surface area (Å²) in [6.45, 7) is -3.22. The minimum atomic E-state index is -3.22. The standard InChI is InChI=1S/C30H19Cl3NO6P/c1-39-29(35)26-27(18-2-10-22(11-3-18)34(37)38)40-30(36)28(26)41(23-12-4-19(31)5-13-23,24-14-6-20(32)7-15-24)25-16-8-21(33)9-17-25/h2-17H,1H3. The third-order valence-corrected chi connectivity index (χ3v) is 11.6. The van der Waals surface area contributed by atoms with E-state index >= 15 is 0 Å². The summed E-state index contributed by atoms with van der Waals surface area (Å²) in [7, 11) is 1.20. The maximum absolute atomic E-state index is 14.1. The Balaban J connectivity index is 2.01. The van der Waals surface area contributed by atoms with Crippen molar-refractivity contribution in [3.8, 4) is 0 Å². The van der Waals surface area contributed by atoms with E-state index in [-0.39, 0.29) is 22.3 Å². The topological polar surface area (TPSA) is 95.7 Å². The molecule has 1 aliphatic rings. The molecule has 206 valence electrons. The van der Waals surface area contributed by atoms with Gasteiger partial charge in [-0.15, -0.1) is 0 Å². The summed E-state index contributed by atoms with van der Waals surface area (Å²) in [5, 5.41) is 14.9. The second-order valence-electron chi connectivity index (χ2n) is 8.84. The number of hydrogen-bond acceptors (Lipinski definition) is 6. The van der Waals surface area contributed by atoms with Crippen molar-refractivity contribution < 1.29 is 24.0 Å². The van der Waals surface area contributed by atoms with Gasteiger partial charge >= 0.3 is 11.9 Å². The Kier molecular flexibility index (Phi) is 8.07. The van der Waals surface area contributed by atoms with Gasteiger partial charge in [0.15, 0.2) is 5.76 Å². The van der Waals surface area contributed by atoms with Crippen LogP contribution in [0.15, 0.2) is 103 Å². The van der Waals surface area contributed by atoms with Gasteiger partial charge in [0.2, 0.25) is 0 Å². The van der Waals surface area contributed by atoms with Gasteiger partial charge in [-0.25, -0.2) is 9.59 Å². The molecule has 1 heterocycles. The van der Waals surface area contributed by atoms with Gasteiger partial charge in [-0.05, 0) is 71.3 Å². The van der Waals surface area contributed by atoms with Crippen LogP contribution in [0.1, 0.15) is 5.56 Å². The number of benzene rings is 4. The summed E-state index contributed by atoms with van der Waals surface area (Å²) in [4.78, 5) is 38.3. The number of esters is 2. The molecule has 4 aromatic rings. The van der Waals surface area contributed by atoms with Crippen LogP contribution in [0.3, 0.4) is 0 Å². The lowest BCUT2D eigenvalue weighted by molar-refractivity contribution is -0.384. The SMILES string of the molecule is COC(=O)C1=C(c2ccc([N+](=O)[O-])cc2)OC(=O)C1=P(c1ccc(Cl)cc1)(c1ccc(Cl)cc1)c1ccc(Cl)cc1. The zero-order chi connectivity index (χ0) is 29.3. The summed E-state index contributed by atoms with van der Waals surface area (Å²) < 4.78 is 11.0. The summed E-state index contributed by atoms with van der Waals surface area (Å²) >= 11 is 18.8. The number of cyclic esters (lactones) is 1. The normalized spacial score (nSPS) is 13.3. The van der Waals surface area contributed by atoms with Gasteiger partial charge in [0.25, 0.3) is 5.69 Å². The van der Waals surface area contributed by atoms with Gasteiger partial charge in [-0.1, -0.05) is 71.2 Å². The number of ether oxygens (including phenoxy) is 2. The number of methoxy groups -OCH3 is 1. The van der Waals surface area contributed by atoms with Crippen LogP contribution >= 0.6 is 41.7 Å². The third kappa shape index (κ3) is 5.18. The van der Waals surface area contributed by atoms with Crippen molar-refractivity contribution in [2.45, 2.75) is 0 Å². The number of hydrogen-bond donors (Lipinski definition) is 0. The van der Waals surface area contributed by atoms with Crippen molar-refractivity contribution in [1.29, 1.82) is 0 Å². The number of nitro groups is 1. The van der Waals surface area contributed by atoms with E-state index in [1.807, 2.05) is 0 Å². The van der Waals surface area contributed by atoms with E-state index in [1.54, 1.807) is 72.8 Å². The lowest BCUT2D eigenvalue weighted by Crippen LogP contribution is -2.34. The van der Waals surface area contributed by atoms with Crippen molar-refractivity contribution in [1.82, 2.24) is 0 Å². The highest BCUT2D eigenvalue weighted by molar-refractivity contribution is 7.97. The first-order valence-corrected chi connectivity index (χ1v) is 14.9. The van der Waals surface area contributed by atoms with Crippen LogP contribution in [0, 0.1) is 10.1 Å². The zero-order valence-corrected chi connectivity index (χ0v) is 24.4. The highest BCUT2D eigenvalue weighted by Gasteiger charge is 2.45. The predicted octanol–water partition coefficient (Wildman–Crippen LogP) is 6.16. The highest BCUT2D eigenvalue weighted by atomic mass is 35.5. The molecule has 0 spiro atoms. The largest absolute Gasteiger partial charge is 0.465 e. The Morgan fingerprint density at radius 1 is 0.756 bits per heavy atom. The summed E-state index contributed by atoms with van der Waals surface area (Å²) in [6, 6.07) is 26.4. The van der Waals surface area contributed by atoms with Gasteiger partial charge in [0.1, 0.15) is 5.57 Å². The summed E-state index contributed by atoms with van der Waals surface area (Å²) in [5.74, 6) is -1.62. The first-order chi connectivity index (χ1) is 19.7. The fourth-order valence-electron chi connectivity index (χ4n) is 4.76. The smallest absolute Gasteiger partial charge is 0.345 e. The molecule has 0 unspecified atom stereocenters. The van der Waals surface area contributed by atoms with Crippen molar-refractivity contribution in [3.05, 3.63) is 133 Å². The summed E-state index contributed by atoms with van der Waals surface area (Å²) in [5.41, 5.74) is 0.0492. The molecule has 0 saturated heterocycles. The van der Waals surface area contributed by atoms with Crippen LogP contribution in [-0.4, -0.2) is 29.3 Å². The Labute approximate surface area is 250 Å². The van der Waals surface area contributed by atoms with Gasteiger partial charge in [0, 0.05) is 32.8 Å². The highest BCUT2D eigenvalue weighted by Crippen LogP contribution is 2.51. The Morgan fingerprint density at radius 3 is 1.54 bits per heavy atom. The Morgan fingerprint density at radius 2 is 1.17 bits per heavy atom. The fourth-order valence-corrected chi connectivity index (χ4v) is 9.45. The van der Waals surface area contributed by atoms with Crippen LogP contribution in [-0.2, 0) is 19.1 Å². The van der Waals surface area contributed by atoms with Crippen LogP contribution in [0.25, 0.3) is 5.76 Å². The summed E-state index contributed by atoms with van der Waals surface area (Å²) in [6.07, 6.45) is 0. The molecule has 0 fully saturated rings. The molecule has 0 aromatic heterocycles. The second-order valence-corrected chi connectivity index (χ2v) is 13.5. The molecule has 0 N–H and O–H groups in total. The number of nitrogens with zero attached hydrogens (tertiary/aromatic N) is 1. The van der Waals surface area contributed by atoms with Crippen LogP contribution in [0.5, 0.6) is 0 Å². The fraction of sp³-hybridized carbons (Fsp3) is 0.0333. The van der Waals surface area contributed by atoms with Crippen molar-refractivity contribution in [3.63, 3.8) is 0 Å². The Bertz CT molecular complexity index is 1650. The van der Waals surface area contributed by atoms with Crippen molar-refractivity contribution >= 4 is 86.3 Å². The predicted molar refractivity (Wildman–Crippen MR) is 163 cm³/mol. The quantitative estimate of drug-likeness (QED) is 0.110. The van der Waals surface area contributed by atoms with Crippen molar-refractivity contribution in [2.75, 3.05) is 7.11 Å². The first kappa shape index (κ1) is 28.7. The molecule has 0 radical (unpaired) electrons. The third-order valence-electron chi connectivity index (χ3n) is 6.56. The van der Waals surface area contributed by atoms with E-state index < -0.39 is 23.7 Å². The Hall–Kier alpha value is -3.87. The van der Waals surface area contributed by atoms with E-state index in [4.69, 9.17) is 44.3 Å². The minimum absolute atomic E-state index is 0.0620. The van der Waals surface area contributed by atoms with Gasteiger partial charge < -0.3 is 9.47 Å². The van der Waals surface area contributed by atoms with E-state index in [0.717, 1.165) is 0 Å². The van der Waals surface area contributed by atoms with Crippen LogP contribution < -0.4 is 15.9 Å². The molecule has 11 heteroatoms. The van der Waals surface area contributed by atoms with E-state index in [0.29, 0.717) is 36.5 Å². The maximum Gasteiger partial charge on any atom is 0.345 e. The molecular formula is C30H19Cl3NO6P. The molecule has 41 heavy (non-hydrogen) atoms. The molecule has 1 aliphatic heterocycles. The van der Waals surface area contributed by atoms with Gasteiger partial charge in [-0.2, -0.15) is 0 Å². The number of halogens is 3. The molecule has 4 aromatic carbocycles. The number of carbonyl (C=O) groups is 2. The minimum Gasteiger partial charge on any atom is -0.465 e. The first-order valence-electron chi connectivity index (χ1n) is 12.0. The molecule has 5 rings (SSSR count). The van der Waals surface area contributed by atoms with E-state index in [1.165, 1.54) is 31.4 Å². The van der Waals surface area contributed by atoms with Crippen LogP contribution in [0.2, 0.25) is 15.1 Å². The number of nitro benzene ring substituents is 1. The number of rotatable bonds is 6. The average Bonchev–Trinajstić information content (AvgIpc) is 3.32. The van der Waals surface area contributed by atoms with Crippen LogP contribution in [0.4, 0.5) is 5.69 Å². The maximum atomic E-state index is 14.1. The molecule has 0 saturated carbocycles. The lowest BCUT2D eigenvalue weighted by atomic mass is 10.1. The lowest BCUT2D eigenvalue weighted by Gasteiger charge is -2.31. The number of non-ortho nitro benzene ring substituents is 1. The molecular weight excluding hydrogens is 608 g/mol. The molecule has 0 atom stereocenters. The zero-order valence-electron chi connectivity index (χ0n) is 21.2. The van der Waals surface area contributed by atoms with Gasteiger partial charge in [-0.3, -0.25) is 10.1 Å². The average molecular weight is 627 g/mol. The molecule has 0 aliphatic carbocycles. The monoisotopic (exact) mass is 625 g/mol. The van der Waals surface area contributed by atoms with Crippen molar-refractivity contribution in [2.24, 2.45) is 0 Å². The van der Waals surface area contributed by atoms with E-state index in [2.05, 4.69) is 0 Å². The molecule has 0 amide bonds. The number of carbonyl (C=O) groups excluding carboxylic acids is 2. The molecule has 0 bridgehead atoms. The van der Waals surface area contributed by atoms with Gasteiger partial charge in [0.05, 0.1) is 17.3 Å². The second kappa shape index (κ2) is 11.6.